The van der Waals surface area contributed by atoms with E-state index in [1.165, 1.54) is 56.1 Å². The first-order valence-electron chi connectivity index (χ1n) is 7.39. The third-order valence-electron chi connectivity index (χ3n) is 4.60. The molecule has 1 atom stereocenters. The number of rotatable bonds is 7. The number of allylic oxidation sites excluding steroid dienone is 4. The second-order valence-corrected chi connectivity index (χ2v) is 6.01. The molecule has 0 aromatic rings. The van der Waals surface area contributed by atoms with E-state index in [1.807, 2.05) is 0 Å². The normalized spacial score (nSPS) is 24.4. The Kier molecular flexibility index (Phi) is 5.49. The Hall–Kier alpha value is -0.520. The van der Waals surface area contributed by atoms with E-state index in [9.17, 15) is 0 Å². The van der Waals surface area contributed by atoms with Gasteiger partial charge in [-0.15, -0.1) is 0 Å². The second kappa shape index (κ2) is 6.42. The van der Waals surface area contributed by atoms with E-state index >= 15 is 0 Å². The highest BCUT2D eigenvalue weighted by atomic mass is 14.3. The second-order valence-electron chi connectivity index (χ2n) is 6.01. The molecule has 0 aliphatic heterocycles. The fourth-order valence-corrected chi connectivity index (χ4v) is 2.95. The van der Waals surface area contributed by atoms with Gasteiger partial charge in [-0.25, -0.2) is 0 Å². The molecule has 0 saturated carbocycles. The van der Waals surface area contributed by atoms with Gasteiger partial charge in [0.15, 0.2) is 0 Å². The Morgan fingerprint density at radius 3 is 2.06 bits per heavy atom. The van der Waals surface area contributed by atoms with Gasteiger partial charge in [-0.2, -0.15) is 0 Å². The van der Waals surface area contributed by atoms with E-state index in [1.54, 1.807) is 5.57 Å². The predicted molar refractivity (Wildman–Crippen MR) is 78.2 cm³/mol. The fourth-order valence-electron chi connectivity index (χ4n) is 2.95. The maximum atomic E-state index is 2.49. The van der Waals surface area contributed by atoms with Gasteiger partial charge in [0, 0.05) is 5.41 Å². The van der Waals surface area contributed by atoms with Crippen LogP contribution in [0.15, 0.2) is 22.8 Å². The van der Waals surface area contributed by atoms with Crippen molar-refractivity contribution in [1.82, 2.24) is 0 Å². The topological polar surface area (TPSA) is 0 Å². The molecule has 0 aromatic carbocycles. The standard InChI is InChI=1S/C17H30/c1-6-7-8-9-10-11-12-17(5)13-14(2)15(3)16(17)4/h13H,6-12H2,1-5H3. The molecule has 17 heavy (non-hydrogen) atoms. The van der Waals surface area contributed by atoms with Crippen LogP contribution in [-0.2, 0) is 0 Å². The van der Waals surface area contributed by atoms with E-state index in [0.717, 1.165) is 0 Å². The van der Waals surface area contributed by atoms with Gasteiger partial charge in [0.05, 0.1) is 0 Å². The first-order valence-corrected chi connectivity index (χ1v) is 7.39. The summed E-state index contributed by atoms with van der Waals surface area (Å²) in [5.74, 6) is 0. The summed E-state index contributed by atoms with van der Waals surface area (Å²) >= 11 is 0. The van der Waals surface area contributed by atoms with E-state index in [-0.39, 0.29) is 0 Å². The van der Waals surface area contributed by atoms with Crippen LogP contribution in [0.1, 0.15) is 79.6 Å². The SMILES string of the molecule is CCCCCCCCC1(C)C=C(C)C(C)=C1C. The first kappa shape index (κ1) is 14.5. The van der Waals surface area contributed by atoms with E-state index in [4.69, 9.17) is 0 Å². The van der Waals surface area contributed by atoms with Crippen LogP contribution in [0.5, 0.6) is 0 Å². The molecule has 1 rings (SSSR count). The van der Waals surface area contributed by atoms with Gasteiger partial charge in [0.25, 0.3) is 0 Å². The van der Waals surface area contributed by atoms with Crippen molar-refractivity contribution in [3.05, 3.63) is 22.8 Å². The summed E-state index contributed by atoms with van der Waals surface area (Å²) in [6.07, 6.45) is 12.2. The molecule has 0 radical (unpaired) electrons. The Balaban J connectivity index is 2.33. The first-order chi connectivity index (χ1) is 8.01. The molecule has 0 amide bonds. The zero-order valence-electron chi connectivity index (χ0n) is 12.5. The van der Waals surface area contributed by atoms with Crippen molar-refractivity contribution in [3.8, 4) is 0 Å². The minimum Gasteiger partial charge on any atom is -0.0713 e. The largest absolute Gasteiger partial charge is 0.0713 e. The molecule has 1 unspecified atom stereocenters. The monoisotopic (exact) mass is 234 g/mol. The van der Waals surface area contributed by atoms with Crippen molar-refractivity contribution in [2.45, 2.75) is 79.6 Å². The molecule has 0 spiro atoms. The lowest BCUT2D eigenvalue weighted by Crippen LogP contribution is -2.12. The zero-order chi connectivity index (χ0) is 12.9. The molecule has 0 saturated heterocycles. The molecule has 0 N–H and O–H groups in total. The van der Waals surface area contributed by atoms with Gasteiger partial charge in [0.1, 0.15) is 0 Å². The number of unbranched alkanes of at least 4 members (excludes halogenated alkanes) is 5. The number of hydrogen-bond donors (Lipinski definition) is 0. The van der Waals surface area contributed by atoms with Gasteiger partial charge in [-0.1, -0.05) is 69.6 Å². The maximum Gasteiger partial charge on any atom is 0.00713 e. The van der Waals surface area contributed by atoms with Crippen LogP contribution in [0, 0.1) is 5.41 Å². The lowest BCUT2D eigenvalue weighted by molar-refractivity contribution is 0.436. The molecule has 98 valence electrons. The highest BCUT2D eigenvalue weighted by Crippen LogP contribution is 2.44. The lowest BCUT2D eigenvalue weighted by atomic mass is 9.80. The molecular formula is C17H30. The molecule has 0 bridgehead atoms. The van der Waals surface area contributed by atoms with Crippen molar-refractivity contribution < 1.29 is 0 Å². The molecule has 0 nitrogen and oxygen atoms in total. The van der Waals surface area contributed by atoms with Crippen LogP contribution in [-0.4, -0.2) is 0 Å². The summed E-state index contributed by atoms with van der Waals surface area (Å²) in [6.45, 7) is 11.5. The summed E-state index contributed by atoms with van der Waals surface area (Å²) in [4.78, 5) is 0. The smallest absolute Gasteiger partial charge is 0.00713 e. The van der Waals surface area contributed by atoms with Gasteiger partial charge >= 0.3 is 0 Å². The van der Waals surface area contributed by atoms with E-state index in [0.29, 0.717) is 5.41 Å². The molecule has 0 fully saturated rings. The summed E-state index contributed by atoms with van der Waals surface area (Å²) < 4.78 is 0. The fraction of sp³-hybridized carbons (Fsp3) is 0.765. The van der Waals surface area contributed by atoms with Gasteiger partial charge in [0.2, 0.25) is 0 Å². The molecule has 0 aromatic heterocycles. The molecule has 0 heterocycles. The van der Waals surface area contributed by atoms with Crippen molar-refractivity contribution >= 4 is 0 Å². The van der Waals surface area contributed by atoms with Gasteiger partial charge < -0.3 is 0 Å². The Morgan fingerprint density at radius 1 is 0.941 bits per heavy atom. The average Bonchev–Trinajstić information content (AvgIpc) is 2.48. The average molecular weight is 234 g/mol. The summed E-state index contributed by atoms with van der Waals surface area (Å²) in [7, 11) is 0. The maximum absolute atomic E-state index is 2.49. The number of hydrogen-bond acceptors (Lipinski definition) is 0. The van der Waals surface area contributed by atoms with Crippen LogP contribution in [0.25, 0.3) is 0 Å². The Bertz CT molecular complexity index is 306. The molecule has 1 aliphatic carbocycles. The highest BCUT2D eigenvalue weighted by Gasteiger charge is 2.29. The zero-order valence-corrected chi connectivity index (χ0v) is 12.5. The summed E-state index contributed by atoms with van der Waals surface area (Å²) in [5.41, 5.74) is 4.98. The summed E-state index contributed by atoms with van der Waals surface area (Å²) in [5, 5.41) is 0. The third-order valence-corrected chi connectivity index (χ3v) is 4.60. The van der Waals surface area contributed by atoms with Crippen LogP contribution in [0.4, 0.5) is 0 Å². The van der Waals surface area contributed by atoms with Crippen LogP contribution < -0.4 is 0 Å². The van der Waals surface area contributed by atoms with Crippen LogP contribution >= 0.6 is 0 Å². The van der Waals surface area contributed by atoms with Crippen molar-refractivity contribution in [1.29, 1.82) is 0 Å². The Labute approximate surface area is 108 Å². The van der Waals surface area contributed by atoms with Gasteiger partial charge in [-0.3, -0.25) is 0 Å². The molecule has 0 heteroatoms. The quantitative estimate of drug-likeness (QED) is 0.471. The minimum absolute atomic E-state index is 0.360. The van der Waals surface area contributed by atoms with Crippen LogP contribution in [0.2, 0.25) is 0 Å². The third kappa shape index (κ3) is 3.72. The van der Waals surface area contributed by atoms with E-state index < -0.39 is 0 Å². The minimum atomic E-state index is 0.360. The van der Waals surface area contributed by atoms with Crippen molar-refractivity contribution in [2.24, 2.45) is 5.41 Å². The van der Waals surface area contributed by atoms with Crippen LogP contribution in [0.3, 0.4) is 0 Å². The van der Waals surface area contributed by atoms with E-state index in [2.05, 4.69) is 40.7 Å². The highest BCUT2D eigenvalue weighted by molar-refractivity contribution is 5.44. The lowest BCUT2D eigenvalue weighted by Gasteiger charge is -2.24. The Morgan fingerprint density at radius 2 is 1.53 bits per heavy atom. The van der Waals surface area contributed by atoms with Crippen molar-refractivity contribution in [2.75, 3.05) is 0 Å². The summed E-state index contributed by atoms with van der Waals surface area (Å²) in [6, 6.07) is 0. The molecular weight excluding hydrogens is 204 g/mol. The molecule has 1 aliphatic rings. The predicted octanol–water partition coefficient (Wildman–Crippen LogP) is 6.04. The van der Waals surface area contributed by atoms with Gasteiger partial charge in [-0.05, 0) is 32.8 Å². The van der Waals surface area contributed by atoms with Crippen molar-refractivity contribution in [3.63, 3.8) is 0 Å².